The van der Waals surface area contributed by atoms with Gasteiger partial charge in [0.1, 0.15) is 4.88 Å². The Hall–Kier alpha value is -2.68. The van der Waals surface area contributed by atoms with Crippen molar-refractivity contribution < 1.29 is 9.59 Å². The van der Waals surface area contributed by atoms with E-state index in [1.165, 1.54) is 11.3 Å². The molecule has 1 saturated heterocycles. The molecule has 3 aromatic rings. The van der Waals surface area contributed by atoms with E-state index in [4.69, 9.17) is 23.8 Å². The summed E-state index contributed by atoms with van der Waals surface area (Å²) in [5.41, 5.74) is 1.87. The fourth-order valence-electron chi connectivity index (χ4n) is 3.68. The van der Waals surface area contributed by atoms with Crippen LogP contribution in [-0.2, 0) is 4.79 Å². The van der Waals surface area contributed by atoms with Crippen LogP contribution in [0.15, 0.2) is 48.5 Å². The summed E-state index contributed by atoms with van der Waals surface area (Å²) >= 11 is 13.0. The number of rotatable bonds is 4. The zero-order valence-electron chi connectivity index (χ0n) is 17.6. The third-order valence-corrected chi connectivity index (χ3v) is 7.27. The summed E-state index contributed by atoms with van der Waals surface area (Å²) in [7, 11) is 0. The first kappa shape index (κ1) is 22.5. The van der Waals surface area contributed by atoms with Crippen LogP contribution in [-0.4, -0.2) is 48.0 Å². The molecule has 0 unspecified atom stereocenters. The fourth-order valence-corrected chi connectivity index (χ4v) is 5.30. The molecule has 2 amide bonds. The van der Waals surface area contributed by atoms with E-state index in [0.717, 1.165) is 47.6 Å². The lowest BCUT2D eigenvalue weighted by Gasteiger charge is -2.36. The van der Waals surface area contributed by atoms with Crippen LogP contribution >= 0.6 is 35.2 Å². The zero-order valence-corrected chi connectivity index (χ0v) is 19.9. The van der Waals surface area contributed by atoms with E-state index in [1.54, 1.807) is 0 Å². The number of anilines is 2. The second kappa shape index (κ2) is 9.85. The van der Waals surface area contributed by atoms with Gasteiger partial charge in [-0.2, -0.15) is 0 Å². The lowest BCUT2D eigenvalue weighted by atomic mass is 10.2. The Balaban J connectivity index is 1.33. The summed E-state index contributed by atoms with van der Waals surface area (Å²) < 4.78 is 0.956. The van der Waals surface area contributed by atoms with Crippen LogP contribution in [0.4, 0.5) is 11.4 Å². The molecule has 2 aromatic carbocycles. The minimum absolute atomic E-state index is 0.205. The van der Waals surface area contributed by atoms with Crippen molar-refractivity contribution in [2.24, 2.45) is 0 Å². The molecule has 9 heteroatoms. The minimum Gasteiger partial charge on any atom is -0.368 e. The van der Waals surface area contributed by atoms with Crippen molar-refractivity contribution in [2.75, 3.05) is 36.4 Å². The molecule has 0 spiro atoms. The van der Waals surface area contributed by atoms with Gasteiger partial charge < -0.3 is 15.1 Å². The van der Waals surface area contributed by atoms with Gasteiger partial charge in [0.2, 0.25) is 5.91 Å². The summed E-state index contributed by atoms with van der Waals surface area (Å²) in [4.78, 5) is 29.1. The fraction of sp³-hybridized carbons (Fsp3) is 0.261. The van der Waals surface area contributed by atoms with Crippen LogP contribution in [0, 0.1) is 0 Å². The van der Waals surface area contributed by atoms with Crippen molar-refractivity contribution in [1.82, 2.24) is 10.2 Å². The van der Waals surface area contributed by atoms with Crippen molar-refractivity contribution >= 4 is 73.5 Å². The highest BCUT2D eigenvalue weighted by molar-refractivity contribution is 7.80. The molecular formula is C23H23ClN4O2S2. The molecule has 6 nitrogen and oxygen atoms in total. The van der Waals surface area contributed by atoms with E-state index < -0.39 is 0 Å². The quantitative estimate of drug-likeness (QED) is 0.521. The monoisotopic (exact) mass is 486 g/mol. The molecule has 2 heterocycles. The number of nitrogens with zero attached hydrogens (tertiary/aromatic N) is 2. The normalized spacial score (nSPS) is 13.8. The van der Waals surface area contributed by atoms with Crippen LogP contribution in [0.25, 0.3) is 10.1 Å². The van der Waals surface area contributed by atoms with Gasteiger partial charge in [-0.15, -0.1) is 11.3 Å². The lowest BCUT2D eigenvalue weighted by Crippen LogP contribution is -2.48. The van der Waals surface area contributed by atoms with Crippen molar-refractivity contribution in [3.8, 4) is 0 Å². The summed E-state index contributed by atoms with van der Waals surface area (Å²) in [6, 6.07) is 15.5. The van der Waals surface area contributed by atoms with E-state index >= 15 is 0 Å². The third kappa shape index (κ3) is 4.87. The summed E-state index contributed by atoms with van der Waals surface area (Å²) in [6.07, 6.45) is 0.548. The smallest absolute Gasteiger partial charge is 0.269 e. The highest BCUT2D eigenvalue weighted by Gasteiger charge is 2.20. The molecule has 0 saturated carbocycles. The maximum absolute atomic E-state index is 12.6. The molecule has 2 N–H and O–H groups in total. The number of piperazine rings is 1. The number of benzene rings is 2. The van der Waals surface area contributed by atoms with E-state index in [1.807, 2.05) is 60.4 Å². The second-order valence-electron chi connectivity index (χ2n) is 7.42. The Morgan fingerprint density at radius 1 is 1.06 bits per heavy atom. The van der Waals surface area contributed by atoms with Gasteiger partial charge >= 0.3 is 0 Å². The van der Waals surface area contributed by atoms with Crippen molar-refractivity contribution in [3.05, 3.63) is 58.4 Å². The highest BCUT2D eigenvalue weighted by Crippen LogP contribution is 2.35. The topological polar surface area (TPSA) is 64.7 Å². The number of fused-ring (bicyclic) bond motifs is 1. The molecule has 1 fully saturated rings. The van der Waals surface area contributed by atoms with E-state index in [9.17, 15) is 9.59 Å². The third-order valence-electron chi connectivity index (χ3n) is 5.39. The van der Waals surface area contributed by atoms with Crippen molar-refractivity contribution in [3.63, 3.8) is 0 Å². The molecule has 32 heavy (non-hydrogen) atoms. The second-order valence-corrected chi connectivity index (χ2v) is 9.26. The van der Waals surface area contributed by atoms with E-state index in [0.29, 0.717) is 16.3 Å². The van der Waals surface area contributed by atoms with Gasteiger partial charge in [-0.05, 0) is 42.5 Å². The molecule has 166 valence electrons. The Bertz CT molecular complexity index is 1150. The van der Waals surface area contributed by atoms with Gasteiger partial charge in [0, 0.05) is 54.1 Å². The average molecular weight is 487 g/mol. The lowest BCUT2D eigenvalue weighted by molar-refractivity contribution is -0.131. The first-order valence-electron chi connectivity index (χ1n) is 10.4. The predicted octanol–water partition coefficient (Wildman–Crippen LogP) is 4.74. The first-order chi connectivity index (χ1) is 15.5. The average Bonchev–Trinajstić information content (AvgIpc) is 3.16. The number of amides is 2. The largest absolute Gasteiger partial charge is 0.368 e. The van der Waals surface area contributed by atoms with E-state index in [2.05, 4.69) is 15.5 Å². The molecule has 1 aliphatic rings. The number of hydrogen-bond acceptors (Lipinski definition) is 5. The zero-order chi connectivity index (χ0) is 22.7. The van der Waals surface area contributed by atoms with Crippen molar-refractivity contribution in [2.45, 2.75) is 13.3 Å². The predicted molar refractivity (Wildman–Crippen MR) is 136 cm³/mol. The molecule has 0 atom stereocenters. The molecule has 0 radical (unpaired) electrons. The SMILES string of the molecule is CCC(=O)N1CCN(c2ccc(NC(=S)NC(=O)c3sc4ccccc4c3Cl)cc2)CC1. The highest BCUT2D eigenvalue weighted by atomic mass is 35.5. The number of hydrogen-bond donors (Lipinski definition) is 2. The number of thiocarbonyl (C=S) groups is 1. The molecule has 1 aliphatic heterocycles. The van der Waals surface area contributed by atoms with Gasteiger partial charge in [0.25, 0.3) is 5.91 Å². The maximum atomic E-state index is 12.6. The van der Waals surface area contributed by atoms with Gasteiger partial charge in [-0.3, -0.25) is 14.9 Å². The summed E-state index contributed by atoms with van der Waals surface area (Å²) in [5, 5.41) is 7.26. The standard InChI is InChI=1S/C23H23ClN4O2S2/c1-2-19(29)28-13-11-27(12-14-28)16-9-7-15(8-10-16)25-23(31)26-22(30)21-20(24)17-5-3-4-6-18(17)32-21/h3-10H,2,11-14H2,1H3,(H2,25,26,30,31). The Morgan fingerprint density at radius 3 is 2.41 bits per heavy atom. The number of nitrogens with one attached hydrogen (secondary N) is 2. The Labute approximate surface area is 201 Å². The van der Waals surface area contributed by atoms with E-state index in [-0.39, 0.29) is 16.9 Å². The van der Waals surface area contributed by atoms with Gasteiger partial charge in [-0.25, -0.2) is 0 Å². The molecule has 0 bridgehead atoms. The Morgan fingerprint density at radius 2 is 1.75 bits per heavy atom. The molecule has 4 rings (SSSR count). The summed E-state index contributed by atoms with van der Waals surface area (Å²) in [6.45, 7) is 4.99. The number of carbonyl (C=O) groups excluding carboxylic acids is 2. The molecular weight excluding hydrogens is 464 g/mol. The molecule has 0 aliphatic carbocycles. The van der Waals surface area contributed by atoms with Crippen LogP contribution in [0.2, 0.25) is 5.02 Å². The van der Waals surface area contributed by atoms with Crippen LogP contribution in [0.3, 0.4) is 0 Å². The maximum Gasteiger partial charge on any atom is 0.269 e. The molecule has 1 aromatic heterocycles. The van der Waals surface area contributed by atoms with Crippen LogP contribution in [0.1, 0.15) is 23.0 Å². The van der Waals surface area contributed by atoms with Crippen LogP contribution < -0.4 is 15.5 Å². The number of carbonyl (C=O) groups is 2. The number of thiophene rings is 1. The van der Waals surface area contributed by atoms with Crippen molar-refractivity contribution in [1.29, 1.82) is 0 Å². The minimum atomic E-state index is -0.329. The van der Waals surface area contributed by atoms with Crippen LogP contribution in [0.5, 0.6) is 0 Å². The first-order valence-corrected chi connectivity index (χ1v) is 12.0. The number of halogens is 1. The summed E-state index contributed by atoms with van der Waals surface area (Å²) in [5.74, 6) is -0.124. The van der Waals surface area contributed by atoms with Gasteiger partial charge in [0.05, 0.1) is 5.02 Å². The van der Waals surface area contributed by atoms with Gasteiger partial charge in [0.15, 0.2) is 5.11 Å². The Kier molecular flexibility index (Phi) is 6.93. The van der Waals surface area contributed by atoms with Gasteiger partial charge in [-0.1, -0.05) is 36.7 Å².